The first-order chi connectivity index (χ1) is 6.31. The van der Waals surface area contributed by atoms with E-state index >= 15 is 0 Å². The number of anilines is 1. The molecular formula is C10H11NO2. The molecule has 0 radical (unpaired) electrons. The summed E-state index contributed by atoms with van der Waals surface area (Å²) in [4.78, 5) is 10.6. The molecule has 0 saturated heterocycles. The van der Waals surface area contributed by atoms with E-state index in [-0.39, 0.29) is 0 Å². The highest BCUT2D eigenvalue weighted by molar-refractivity contribution is 6.06. The maximum atomic E-state index is 10.6. The van der Waals surface area contributed by atoms with Crippen molar-refractivity contribution in [2.75, 3.05) is 5.48 Å². The van der Waals surface area contributed by atoms with Crippen LogP contribution in [0.5, 0.6) is 0 Å². The molecule has 0 atom stereocenters. The Balaban J connectivity index is 3.07. The van der Waals surface area contributed by atoms with Gasteiger partial charge in [0.25, 0.3) is 0 Å². The van der Waals surface area contributed by atoms with E-state index < -0.39 is 0 Å². The van der Waals surface area contributed by atoms with Crippen molar-refractivity contribution in [1.82, 2.24) is 0 Å². The molecule has 0 saturated carbocycles. The maximum Gasteiger partial charge on any atom is 0.150 e. The van der Waals surface area contributed by atoms with Crippen LogP contribution in [-0.2, 0) is 4.79 Å². The lowest BCUT2D eigenvalue weighted by Gasteiger charge is -2.02. The summed E-state index contributed by atoms with van der Waals surface area (Å²) in [6.45, 7) is 1.79. The number of carbonyl (C=O) groups is 1. The number of aldehydes is 1. The molecule has 0 spiro atoms. The monoisotopic (exact) mass is 177 g/mol. The summed E-state index contributed by atoms with van der Waals surface area (Å²) in [5.41, 5.74) is 3.99. The molecule has 0 aromatic heterocycles. The average molecular weight is 177 g/mol. The molecule has 0 unspecified atom stereocenters. The first-order valence-electron chi connectivity index (χ1n) is 3.94. The lowest BCUT2D eigenvalue weighted by molar-refractivity contribution is -0.103. The highest BCUT2D eigenvalue weighted by Crippen LogP contribution is 2.16. The van der Waals surface area contributed by atoms with Crippen molar-refractivity contribution in [2.24, 2.45) is 0 Å². The van der Waals surface area contributed by atoms with Crippen LogP contribution < -0.4 is 5.48 Å². The van der Waals surface area contributed by atoms with Gasteiger partial charge in [-0.25, -0.2) is 0 Å². The first-order valence-corrected chi connectivity index (χ1v) is 3.94. The minimum absolute atomic E-state index is 0.568. The number of hydrogen-bond acceptors (Lipinski definition) is 3. The molecule has 0 aliphatic rings. The molecule has 0 bridgehead atoms. The summed E-state index contributed by atoms with van der Waals surface area (Å²) in [6, 6.07) is 6.98. The second kappa shape index (κ2) is 4.42. The SMILES string of the molecule is C/C=C(/C=O)c1cccc(NO)c1. The molecular weight excluding hydrogens is 166 g/mol. The molecule has 0 fully saturated rings. The Bertz CT molecular complexity index is 331. The van der Waals surface area contributed by atoms with Crippen LogP contribution in [0.25, 0.3) is 5.57 Å². The summed E-state index contributed by atoms with van der Waals surface area (Å²) >= 11 is 0. The van der Waals surface area contributed by atoms with Gasteiger partial charge in [-0.2, -0.15) is 0 Å². The van der Waals surface area contributed by atoms with E-state index in [4.69, 9.17) is 5.21 Å². The molecule has 1 aromatic carbocycles. The smallest absolute Gasteiger partial charge is 0.150 e. The summed E-state index contributed by atoms with van der Waals surface area (Å²) in [7, 11) is 0. The molecule has 13 heavy (non-hydrogen) atoms. The molecule has 68 valence electrons. The summed E-state index contributed by atoms with van der Waals surface area (Å²) in [6.07, 6.45) is 2.51. The lowest BCUT2D eigenvalue weighted by atomic mass is 10.1. The zero-order valence-corrected chi connectivity index (χ0v) is 7.32. The van der Waals surface area contributed by atoms with Crippen LogP contribution in [0.2, 0.25) is 0 Å². The van der Waals surface area contributed by atoms with Crippen molar-refractivity contribution in [2.45, 2.75) is 6.92 Å². The fourth-order valence-corrected chi connectivity index (χ4v) is 1.07. The van der Waals surface area contributed by atoms with Crippen LogP contribution in [0.3, 0.4) is 0 Å². The van der Waals surface area contributed by atoms with Crippen LogP contribution in [0.4, 0.5) is 5.69 Å². The van der Waals surface area contributed by atoms with Crippen molar-refractivity contribution in [3.8, 4) is 0 Å². The lowest BCUT2D eigenvalue weighted by Crippen LogP contribution is -1.91. The quantitative estimate of drug-likeness (QED) is 0.422. The van der Waals surface area contributed by atoms with Gasteiger partial charge in [-0.1, -0.05) is 18.2 Å². The molecule has 2 N–H and O–H groups in total. The zero-order valence-electron chi connectivity index (χ0n) is 7.32. The van der Waals surface area contributed by atoms with Gasteiger partial charge in [0.05, 0.1) is 5.69 Å². The molecule has 1 aromatic rings. The molecule has 1 rings (SSSR count). The van der Waals surface area contributed by atoms with E-state index in [1.807, 2.05) is 11.5 Å². The second-order valence-corrected chi connectivity index (χ2v) is 2.55. The highest BCUT2D eigenvalue weighted by Gasteiger charge is 1.99. The molecule has 0 amide bonds. The minimum Gasteiger partial charge on any atom is -0.298 e. The number of benzene rings is 1. The van der Waals surface area contributed by atoms with Crippen molar-refractivity contribution in [1.29, 1.82) is 0 Å². The van der Waals surface area contributed by atoms with Crippen molar-refractivity contribution in [3.05, 3.63) is 35.9 Å². The fourth-order valence-electron chi connectivity index (χ4n) is 1.07. The molecule has 0 aliphatic heterocycles. The predicted molar refractivity (Wildman–Crippen MR) is 51.6 cm³/mol. The van der Waals surface area contributed by atoms with Crippen LogP contribution >= 0.6 is 0 Å². The van der Waals surface area contributed by atoms with E-state index in [1.165, 1.54) is 0 Å². The van der Waals surface area contributed by atoms with E-state index in [2.05, 4.69) is 0 Å². The second-order valence-electron chi connectivity index (χ2n) is 2.55. The Labute approximate surface area is 76.7 Å². The summed E-state index contributed by atoms with van der Waals surface area (Å²) in [5.74, 6) is 0. The molecule has 3 nitrogen and oxygen atoms in total. The van der Waals surface area contributed by atoms with Crippen LogP contribution in [-0.4, -0.2) is 11.5 Å². The van der Waals surface area contributed by atoms with E-state index in [0.29, 0.717) is 11.3 Å². The number of hydrogen-bond donors (Lipinski definition) is 2. The maximum absolute atomic E-state index is 10.6. The predicted octanol–water partition coefficient (Wildman–Crippen LogP) is 2.09. The van der Waals surface area contributed by atoms with Gasteiger partial charge >= 0.3 is 0 Å². The number of nitrogens with one attached hydrogen (secondary N) is 1. The van der Waals surface area contributed by atoms with E-state index in [1.54, 1.807) is 31.2 Å². The molecule has 3 heteroatoms. The molecule has 0 aliphatic carbocycles. The fraction of sp³-hybridized carbons (Fsp3) is 0.100. The largest absolute Gasteiger partial charge is 0.298 e. The van der Waals surface area contributed by atoms with Gasteiger partial charge in [-0.05, 0) is 24.6 Å². The average Bonchev–Trinajstić information content (AvgIpc) is 2.20. The van der Waals surface area contributed by atoms with Crippen LogP contribution in [0.15, 0.2) is 30.3 Å². The van der Waals surface area contributed by atoms with Gasteiger partial charge in [-0.15, -0.1) is 0 Å². The van der Waals surface area contributed by atoms with Crippen molar-refractivity contribution < 1.29 is 10.0 Å². The zero-order chi connectivity index (χ0) is 9.68. The van der Waals surface area contributed by atoms with Gasteiger partial charge in [0.1, 0.15) is 6.29 Å². The first kappa shape index (κ1) is 9.48. The van der Waals surface area contributed by atoms with Gasteiger partial charge in [0.2, 0.25) is 0 Å². The Morgan fingerprint density at radius 1 is 1.54 bits per heavy atom. The van der Waals surface area contributed by atoms with Crippen molar-refractivity contribution >= 4 is 17.5 Å². The Kier molecular flexibility index (Phi) is 3.23. The Morgan fingerprint density at radius 2 is 2.31 bits per heavy atom. The topological polar surface area (TPSA) is 49.3 Å². The standard InChI is InChI=1S/C10H11NO2/c1-2-8(7-12)9-4-3-5-10(6-9)11-13/h2-7,11,13H,1H3/b8-2-. The highest BCUT2D eigenvalue weighted by atomic mass is 16.5. The van der Waals surface area contributed by atoms with Gasteiger partial charge in [-0.3, -0.25) is 15.5 Å². The number of carbonyl (C=O) groups excluding carboxylic acids is 1. The Hall–Kier alpha value is -1.61. The van der Waals surface area contributed by atoms with E-state index in [0.717, 1.165) is 11.8 Å². The Morgan fingerprint density at radius 3 is 2.85 bits per heavy atom. The van der Waals surface area contributed by atoms with Crippen LogP contribution in [0.1, 0.15) is 12.5 Å². The summed E-state index contributed by atoms with van der Waals surface area (Å²) < 4.78 is 0. The normalized spacial score (nSPS) is 11.1. The third-order valence-corrected chi connectivity index (χ3v) is 1.76. The van der Waals surface area contributed by atoms with E-state index in [9.17, 15) is 4.79 Å². The molecule has 0 heterocycles. The van der Waals surface area contributed by atoms with Gasteiger partial charge in [0.15, 0.2) is 0 Å². The number of allylic oxidation sites excluding steroid dienone is 2. The van der Waals surface area contributed by atoms with Crippen molar-refractivity contribution in [3.63, 3.8) is 0 Å². The minimum atomic E-state index is 0.568. The van der Waals surface area contributed by atoms with Crippen LogP contribution in [0, 0.1) is 0 Å². The summed E-state index contributed by atoms with van der Waals surface area (Å²) in [5, 5.41) is 8.63. The third kappa shape index (κ3) is 2.16. The third-order valence-electron chi connectivity index (χ3n) is 1.76. The van der Waals surface area contributed by atoms with Gasteiger partial charge < -0.3 is 0 Å². The van der Waals surface area contributed by atoms with Gasteiger partial charge in [0, 0.05) is 5.57 Å². The number of rotatable bonds is 3.